The molecule has 12 heteroatoms. The van der Waals surface area contributed by atoms with E-state index in [2.05, 4.69) is 29.9 Å². The number of rotatable bonds is 7. The first-order valence-corrected chi connectivity index (χ1v) is 12.2. The lowest BCUT2D eigenvalue weighted by molar-refractivity contribution is 0.00152. The van der Waals surface area contributed by atoms with E-state index >= 15 is 0 Å². The smallest absolute Gasteiger partial charge is 0.240 e. The number of anilines is 1. The van der Waals surface area contributed by atoms with E-state index in [-0.39, 0.29) is 18.1 Å². The van der Waals surface area contributed by atoms with Crippen LogP contribution >= 0.6 is 0 Å². The normalized spacial score (nSPS) is 17.5. The van der Waals surface area contributed by atoms with Gasteiger partial charge in [0.1, 0.15) is 23.7 Å². The summed E-state index contributed by atoms with van der Waals surface area (Å²) in [4.78, 5) is 12.7. The Kier molecular flexibility index (Phi) is 6.30. The fourth-order valence-electron chi connectivity index (χ4n) is 3.53. The van der Waals surface area contributed by atoms with Crippen molar-refractivity contribution in [3.63, 3.8) is 0 Å². The molecule has 0 bridgehead atoms. The Hall–Kier alpha value is -3.12. The zero-order valence-corrected chi connectivity index (χ0v) is 19.9. The Labute approximate surface area is 192 Å². The lowest BCUT2D eigenvalue weighted by Crippen LogP contribution is -2.35. The van der Waals surface area contributed by atoms with E-state index in [4.69, 9.17) is 9.47 Å². The standard InChI is InChI=1S/C21H27N7O4S/c1-12(2)32-18(19-23-8-13(3)9-24-19)15(5)33(29,30)27-21-26-25-20-16-6-7-22-10-17(16)31-11-14(4)28(20)21/h6-10,12,14-15,18H,11H2,1-5H3,(H,26,27)/t14-,15-,18+/m0/s1. The van der Waals surface area contributed by atoms with Gasteiger partial charge in [-0.25, -0.2) is 18.4 Å². The second-order valence-corrected chi connectivity index (χ2v) is 10.4. The van der Waals surface area contributed by atoms with Crippen LogP contribution in [0.4, 0.5) is 5.95 Å². The lowest BCUT2D eigenvalue weighted by Gasteiger charge is -2.25. The van der Waals surface area contributed by atoms with Crippen molar-refractivity contribution in [2.24, 2.45) is 0 Å². The summed E-state index contributed by atoms with van der Waals surface area (Å²) < 4.78 is 42.9. The SMILES string of the molecule is Cc1cnc([C@H](OC(C)C)[C@H](C)S(=O)(=O)Nc2nnc3n2[C@@H](C)COc2cnccc2-3)nc1. The molecule has 4 heterocycles. The maximum absolute atomic E-state index is 13.4. The molecule has 0 unspecified atom stereocenters. The first-order valence-electron chi connectivity index (χ1n) is 10.6. The van der Waals surface area contributed by atoms with Crippen molar-refractivity contribution in [2.75, 3.05) is 11.3 Å². The molecule has 4 rings (SSSR count). The van der Waals surface area contributed by atoms with Crippen LogP contribution < -0.4 is 9.46 Å². The summed E-state index contributed by atoms with van der Waals surface area (Å²) in [6.45, 7) is 9.30. The molecule has 0 saturated heterocycles. The Bertz CT molecular complexity index is 1230. The minimum absolute atomic E-state index is 0.103. The molecule has 1 aliphatic heterocycles. The van der Waals surface area contributed by atoms with Gasteiger partial charge < -0.3 is 9.47 Å². The number of sulfonamides is 1. The highest BCUT2D eigenvalue weighted by molar-refractivity contribution is 7.93. The summed E-state index contributed by atoms with van der Waals surface area (Å²) in [6, 6.07) is 1.54. The molecule has 3 aromatic rings. The third kappa shape index (κ3) is 4.67. The number of nitrogens with zero attached hydrogens (tertiary/aromatic N) is 6. The molecule has 0 amide bonds. The molecule has 0 saturated carbocycles. The Morgan fingerprint density at radius 1 is 1.18 bits per heavy atom. The average Bonchev–Trinajstić information content (AvgIpc) is 3.12. The van der Waals surface area contributed by atoms with Crippen molar-refractivity contribution in [3.8, 4) is 17.1 Å². The molecule has 0 aromatic carbocycles. The predicted molar refractivity (Wildman–Crippen MR) is 121 cm³/mol. The fraction of sp³-hybridized carbons (Fsp3) is 0.476. The van der Waals surface area contributed by atoms with Gasteiger partial charge >= 0.3 is 0 Å². The summed E-state index contributed by atoms with van der Waals surface area (Å²) >= 11 is 0. The monoisotopic (exact) mass is 473 g/mol. The maximum atomic E-state index is 13.4. The van der Waals surface area contributed by atoms with Crippen LogP contribution in [0.2, 0.25) is 0 Å². The number of aromatic nitrogens is 6. The number of hydrogen-bond acceptors (Lipinski definition) is 9. The van der Waals surface area contributed by atoms with Gasteiger partial charge in [-0.05, 0) is 46.2 Å². The van der Waals surface area contributed by atoms with Crippen molar-refractivity contribution in [1.29, 1.82) is 0 Å². The van der Waals surface area contributed by atoms with Gasteiger partial charge in [0.15, 0.2) is 11.6 Å². The number of hydrogen-bond donors (Lipinski definition) is 1. The molecular weight excluding hydrogens is 446 g/mol. The van der Waals surface area contributed by atoms with Gasteiger partial charge in [0.25, 0.3) is 0 Å². The molecule has 176 valence electrons. The highest BCUT2D eigenvalue weighted by Gasteiger charge is 2.36. The Morgan fingerprint density at radius 3 is 2.61 bits per heavy atom. The van der Waals surface area contributed by atoms with E-state index in [9.17, 15) is 8.42 Å². The van der Waals surface area contributed by atoms with Crippen molar-refractivity contribution in [1.82, 2.24) is 29.7 Å². The van der Waals surface area contributed by atoms with Crippen molar-refractivity contribution in [2.45, 2.75) is 58.1 Å². The van der Waals surface area contributed by atoms with Crippen LogP contribution in [-0.4, -0.2) is 56.1 Å². The number of pyridine rings is 1. The summed E-state index contributed by atoms with van der Waals surface area (Å²) in [5.74, 6) is 1.47. The minimum Gasteiger partial charge on any atom is -0.489 e. The number of nitrogens with one attached hydrogen (secondary N) is 1. The van der Waals surface area contributed by atoms with Gasteiger partial charge in [0.05, 0.1) is 23.9 Å². The first kappa shape index (κ1) is 23.1. The van der Waals surface area contributed by atoms with Gasteiger partial charge in [-0.15, -0.1) is 10.2 Å². The second-order valence-electron chi connectivity index (χ2n) is 8.33. The summed E-state index contributed by atoms with van der Waals surface area (Å²) in [5.41, 5.74) is 1.56. The van der Waals surface area contributed by atoms with E-state index in [1.165, 1.54) is 0 Å². The highest BCUT2D eigenvalue weighted by Crippen LogP contribution is 2.35. The van der Waals surface area contributed by atoms with E-state index in [1.807, 2.05) is 27.7 Å². The zero-order valence-electron chi connectivity index (χ0n) is 19.1. The summed E-state index contributed by atoms with van der Waals surface area (Å²) in [6.07, 6.45) is 5.40. The topological polar surface area (TPSA) is 134 Å². The van der Waals surface area contributed by atoms with E-state index in [0.717, 1.165) is 5.56 Å². The second kappa shape index (κ2) is 9.02. The molecule has 33 heavy (non-hydrogen) atoms. The van der Waals surface area contributed by atoms with E-state index in [0.29, 0.717) is 29.6 Å². The minimum atomic E-state index is -3.96. The molecule has 3 atom stereocenters. The van der Waals surface area contributed by atoms with Crippen LogP contribution in [-0.2, 0) is 14.8 Å². The first-order chi connectivity index (χ1) is 15.7. The van der Waals surface area contributed by atoms with Crippen LogP contribution in [0, 0.1) is 6.92 Å². The number of fused-ring (bicyclic) bond motifs is 3. The van der Waals surface area contributed by atoms with Gasteiger partial charge in [0.2, 0.25) is 16.0 Å². The van der Waals surface area contributed by atoms with Gasteiger partial charge in [-0.1, -0.05) is 0 Å². The largest absolute Gasteiger partial charge is 0.489 e. The third-order valence-electron chi connectivity index (χ3n) is 5.27. The van der Waals surface area contributed by atoms with Crippen LogP contribution in [0.3, 0.4) is 0 Å². The Morgan fingerprint density at radius 2 is 1.91 bits per heavy atom. The van der Waals surface area contributed by atoms with Crippen LogP contribution in [0.15, 0.2) is 30.9 Å². The molecule has 1 N–H and O–H groups in total. The summed E-state index contributed by atoms with van der Waals surface area (Å²) in [7, 11) is -3.96. The van der Waals surface area contributed by atoms with Crippen molar-refractivity contribution < 1.29 is 17.9 Å². The van der Waals surface area contributed by atoms with Crippen LogP contribution in [0.1, 0.15) is 51.2 Å². The molecule has 3 aromatic heterocycles. The van der Waals surface area contributed by atoms with E-state index in [1.54, 1.807) is 42.3 Å². The van der Waals surface area contributed by atoms with Crippen LogP contribution in [0.25, 0.3) is 11.4 Å². The maximum Gasteiger partial charge on any atom is 0.240 e. The predicted octanol–water partition coefficient (Wildman–Crippen LogP) is 2.69. The molecule has 1 aliphatic rings. The van der Waals surface area contributed by atoms with Crippen LogP contribution in [0.5, 0.6) is 5.75 Å². The van der Waals surface area contributed by atoms with Gasteiger partial charge in [0, 0.05) is 18.6 Å². The fourth-order valence-corrected chi connectivity index (χ4v) is 4.62. The van der Waals surface area contributed by atoms with Gasteiger partial charge in [-0.2, -0.15) is 0 Å². The lowest BCUT2D eigenvalue weighted by atomic mass is 10.2. The summed E-state index contributed by atoms with van der Waals surface area (Å²) in [5, 5.41) is 7.36. The molecule has 0 fully saturated rings. The molecular formula is C21H27N7O4S. The van der Waals surface area contributed by atoms with E-state index < -0.39 is 21.4 Å². The quantitative estimate of drug-likeness (QED) is 0.549. The number of ether oxygens (including phenoxy) is 2. The zero-order chi connectivity index (χ0) is 23.8. The molecule has 0 radical (unpaired) electrons. The van der Waals surface area contributed by atoms with Gasteiger partial charge in [-0.3, -0.25) is 14.3 Å². The Balaban J connectivity index is 1.67. The highest BCUT2D eigenvalue weighted by atomic mass is 32.2. The average molecular weight is 474 g/mol. The molecule has 0 spiro atoms. The molecule has 0 aliphatic carbocycles. The third-order valence-corrected chi connectivity index (χ3v) is 6.96. The molecule has 11 nitrogen and oxygen atoms in total. The van der Waals surface area contributed by atoms with Crippen molar-refractivity contribution >= 4 is 16.0 Å². The van der Waals surface area contributed by atoms with Crippen molar-refractivity contribution in [3.05, 3.63) is 42.2 Å². The number of aryl methyl sites for hydroxylation is 1.